The van der Waals surface area contributed by atoms with Gasteiger partial charge in [-0.2, -0.15) is 0 Å². The summed E-state index contributed by atoms with van der Waals surface area (Å²) in [5.74, 6) is -1.89. The second kappa shape index (κ2) is 8.88. The Kier molecular flexibility index (Phi) is 5.98. The Bertz CT molecular complexity index is 1280. The van der Waals surface area contributed by atoms with Gasteiger partial charge in [-0.15, -0.1) is 0 Å². The second-order valence-corrected chi connectivity index (χ2v) is 7.80. The molecule has 1 heterocycles. The molecule has 0 saturated carbocycles. The lowest BCUT2D eigenvalue weighted by Gasteiger charge is -2.15. The Morgan fingerprint density at radius 2 is 1.52 bits per heavy atom. The lowest BCUT2D eigenvalue weighted by atomic mass is 10.1. The number of carbonyl (C=O) groups excluding carboxylic acids is 3. The van der Waals surface area contributed by atoms with Gasteiger partial charge in [-0.25, -0.2) is 14.1 Å². The van der Waals surface area contributed by atoms with Crippen LogP contribution in [0.1, 0.15) is 21.5 Å². The average Bonchev–Trinajstić information content (AvgIpc) is 3.00. The maximum atomic E-state index is 13.2. The zero-order valence-electron chi connectivity index (χ0n) is 17.7. The number of imide groups is 1. The summed E-state index contributed by atoms with van der Waals surface area (Å²) >= 11 is 6.11. The molecule has 166 valence electrons. The van der Waals surface area contributed by atoms with E-state index in [-0.39, 0.29) is 16.4 Å². The molecule has 0 radical (unpaired) electrons. The number of carbonyl (C=O) groups is 3. The van der Waals surface area contributed by atoms with Crippen molar-refractivity contribution in [2.24, 2.45) is 0 Å². The molecule has 0 bridgehead atoms. The van der Waals surface area contributed by atoms with Crippen LogP contribution in [-0.4, -0.2) is 17.8 Å². The molecule has 3 aromatic rings. The van der Waals surface area contributed by atoms with Gasteiger partial charge < -0.3 is 10.1 Å². The molecule has 33 heavy (non-hydrogen) atoms. The van der Waals surface area contributed by atoms with Crippen LogP contribution >= 0.6 is 11.6 Å². The highest BCUT2D eigenvalue weighted by molar-refractivity contribution is 6.53. The first-order valence-electron chi connectivity index (χ1n) is 9.96. The van der Waals surface area contributed by atoms with Gasteiger partial charge in [-0.3, -0.25) is 9.59 Å². The fraction of sp³-hybridized carbons (Fsp3) is 0.0800. The van der Waals surface area contributed by atoms with Crippen LogP contribution in [0.5, 0.6) is 5.75 Å². The van der Waals surface area contributed by atoms with Gasteiger partial charge in [0.05, 0.1) is 11.3 Å². The quantitative estimate of drug-likeness (QED) is 0.323. The molecule has 0 fully saturated rings. The van der Waals surface area contributed by atoms with Crippen molar-refractivity contribution >= 4 is 40.8 Å². The van der Waals surface area contributed by atoms with Crippen molar-refractivity contribution in [2.75, 3.05) is 10.2 Å². The van der Waals surface area contributed by atoms with Crippen LogP contribution in [0.2, 0.25) is 0 Å². The van der Waals surface area contributed by atoms with Crippen molar-refractivity contribution in [3.63, 3.8) is 0 Å². The summed E-state index contributed by atoms with van der Waals surface area (Å²) in [7, 11) is 0. The topological polar surface area (TPSA) is 75.7 Å². The van der Waals surface area contributed by atoms with E-state index < -0.39 is 23.6 Å². The number of ether oxygens (including phenoxy) is 1. The smallest absolute Gasteiger partial charge is 0.343 e. The summed E-state index contributed by atoms with van der Waals surface area (Å²) in [4.78, 5) is 38.7. The van der Waals surface area contributed by atoms with Crippen molar-refractivity contribution in [1.82, 2.24) is 0 Å². The minimum Gasteiger partial charge on any atom is -0.422 e. The van der Waals surface area contributed by atoms with E-state index in [0.29, 0.717) is 17.0 Å². The van der Waals surface area contributed by atoms with Gasteiger partial charge >= 0.3 is 5.97 Å². The Hall–Kier alpha value is -3.97. The molecular formula is C25H18ClFN2O4. The summed E-state index contributed by atoms with van der Waals surface area (Å²) in [5.41, 5.74) is 2.53. The Labute approximate surface area is 194 Å². The zero-order valence-corrected chi connectivity index (χ0v) is 18.4. The molecule has 0 saturated heterocycles. The first-order chi connectivity index (χ1) is 15.8. The number of esters is 1. The summed E-state index contributed by atoms with van der Waals surface area (Å²) in [5, 5.41) is 2.54. The van der Waals surface area contributed by atoms with Crippen LogP contribution in [0.3, 0.4) is 0 Å². The second-order valence-electron chi connectivity index (χ2n) is 7.42. The SMILES string of the molecule is Cc1cccc(C)c1OC(=O)c1ccc(NC2=C(Cl)C(=O)N(c3ccc(F)cc3)C2=O)cc1. The highest BCUT2D eigenvalue weighted by atomic mass is 35.5. The lowest BCUT2D eigenvalue weighted by molar-refractivity contribution is -0.120. The number of hydrogen-bond acceptors (Lipinski definition) is 5. The minimum atomic E-state index is -0.718. The summed E-state index contributed by atoms with van der Waals surface area (Å²) in [6.45, 7) is 3.71. The largest absolute Gasteiger partial charge is 0.422 e. The number of nitrogens with zero attached hydrogens (tertiary/aromatic N) is 1. The van der Waals surface area contributed by atoms with E-state index in [4.69, 9.17) is 16.3 Å². The minimum absolute atomic E-state index is 0.114. The summed E-state index contributed by atoms with van der Waals surface area (Å²) in [6.07, 6.45) is 0. The third-order valence-electron chi connectivity index (χ3n) is 5.11. The average molecular weight is 465 g/mol. The van der Waals surface area contributed by atoms with E-state index in [2.05, 4.69) is 5.32 Å². The number of benzene rings is 3. The molecular weight excluding hydrogens is 447 g/mol. The maximum Gasteiger partial charge on any atom is 0.343 e. The van der Waals surface area contributed by atoms with Crippen LogP contribution in [0, 0.1) is 19.7 Å². The molecule has 2 amide bonds. The predicted octanol–water partition coefficient (Wildman–Crippen LogP) is 5.10. The molecule has 4 rings (SSSR count). The van der Waals surface area contributed by atoms with E-state index in [0.717, 1.165) is 28.2 Å². The van der Waals surface area contributed by atoms with Gasteiger partial charge in [-0.1, -0.05) is 29.8 Å². The van der Waals surface area contributed by atoms with E-state index in [1.807, 2.05) is 32.0 Å². The number of hydrogen-bond donors (Lipinski definition) is 1. The van der Waals surface area contributed by atoms with Gasteiger partial charge in [0.2, 0.25) is 0 Å². The van der Waals surface area contributed by atoms with Gasteiger partial charge in [-0.05, 0) is 73.5 Å². The van der Waals surface area contributed by atoms with Gasteiger partial charge in [0, 0.05) is 5.69 Å². The summed E-state index contributed by atoms with van der Waals surface area (Å²) in [6, 6.07) is 16.7. The number of anilines is 2. The molecule has 0 spiro atoms. The number of halogens is 2. The standard InChI is InChI=1S/C25H18ClFN2O4/c1-14-4-3-5-15(2)22(14)33-25(32)16-6-10-18(11-7-16)28-21-20(26)23(30)29(24(21)31)19-12-8-17(27)9-13-19/h3-13,28H,1-2H3. The zero-order chi connectivity index (χ0) is 23.7. The van der Waals surface area contributed by atoms with Gasteiger partial charge in [0.15, 0.2) is 0 Å². The number of rotatable bonds is 5. The van der Waals surface area contributed by atoms with Crippen LogP contribution < -0.4 is 15.0 Å². The fourth-order valence-corrected chi connectivity index (χ4v) is 3.59. The first kappa shape index (κ1) is 22.2. The van der Waals surface area contributed by atoms with Crippen molar-refractivity contribution in [1.29, 1.82) is 0 Å². The molecule has 0 unspecified atom stereocenters. The summed E-state index contributed by atoms with van der Waals surface area (Å²) < 4.78 is 18.7. The van der Waals surface area contributed by atoms with E-state index >= 15 is 0 Å². The van der Waals surface area contributed by atoms with Crippen LogP contribution in [0.25, 0.3) is 0 Å². The molecule has 8 heteroatoms. The highest BCUT2D eigenvalue weighted by Gasteiger charge is 2.39. The monoisotopic (exact) mass is 464 g/mol. The fourth-order valence-electron chi connectivity index (χ4n) is 3.38. The predicted molar refractivity (Wildman–Crippen MR) is 123 cm³/mol. The Morgan fingerprint density at radius 1 is 0.909 bits per heavy atom. The molecule has 0 aliphatic carbocycles. The molecule has 0 aromatic heterocycles. The van der Waals surface area contributed by atoms with E-state index in [1.165, 1.54) is 24.3 Å². The third-order valence-corrected chi connectivity index (χ3v) is 5.46. The molecule has 0 atom stereocenters. The lowest BCUT2D eigenvalue weighted by Crippen LogP contribution is -2.32. The number of nitrogens with one attached hydrogen (secondary N) is 1. The number of para-hydroxylation sites is 1. The first-order valence-corrected chi connectivity index (χ1v) is 10.3. The van der Waals surface area contributed by atoms with Gasteiger partial charge in [0.1, 0.15) is 22.3 Å². The molecule has 6 nitrogen and oxygen atoms in total. The van der Waals surface area contributed by atoms with Crippen LogP contribution in [-0.2, 0) is 9.59 Å². The van der Waals surface area contributed by atoms with Gasteiger partial charge in [0.25, 0.3) is 11.8 Å². The van der Waals surface area contributed by atoms with Crippen LogP contribution in [0.4, 0.5) is 15.8 Å². The molecule has 1 aliphatic heterocycles. The molecule has 3 aromatic carbocycles. The third kappa shape index (κ3) is 4.36. The normalized spacial score (nSPS) is 13.5. The van der Waals surface area contributed by atoms with E-state index in [9.17, 15) is 18.8 Å². The van der Waals surface area contributed by atoms with Crippen molar-refractivity contribution in [3.05, 3.63) is 100.0 Å². The molecule has 1 N–H and O–H groups in total. The Balaban J connectivity index is 1.49. The Morgan fingerprint density at radius 3 is 2.12 bits per heavy atom. The molecule has 1 aliphatic rings. The van der Waals surface area contributed by atoms with Crippen molar-refractivity contribution < 1.29 is 23.5 Å². The van der Waals surface area contributed by atoms with Crippen LogP contribution in [0.15, 0.2) is 77.5 Å². The van der Waals surface area contributed by atoms with Crippen molar-refractivity contribution in [2.45, 2.75) is 13.8 Å². The maximum absolute atomic E-state index is 13.2. The number of amides is 2. The number of aryl methyl sites for hydroxylation is 2. The highest BCUT2D eigenvalue weighted by Crippen LogP contribution is 2.30. The van der Waals surface area contributed by atoms with E-state index in [1.54, 1.807) is 12.1 Å². The van der Waals surface area contributed by atoms with Crippen molar-refractivity contribution in [3.8, 4) is 5.75 Å².